The number of ether oxygens (including phenoxy) is 2. The van der Waals surface area contributed by atoms with Crippen LogP contribution < -0.4 is 15.8 Å². The van der Waals surface area contributed by atoms with Crippen LogP contribution in [-0.4, -0.2) is 48.8 Å². The number of rotatable bonds is 6. The number of amides is 1. The lowest BCUT2D eigenvalue weighted by atomic mass is 10.1. The van der Waals surface area contributed by atoms with E-state index >= 15 is 0 Å². The Morgan fingerprint density at radius 1 is 1.22 bits per heavy atom. The lowest BCUT2D eigenvalue weighted by molar-refractivity contribution is -0.141. The van der Waals surface area contributed by atoms with E-state index in [0.717, 1.165) is 17.2 Å². The molecule has 194 valence electrons. The Labute approximate surface area is 210 Å². The number of carbonyl (C=O) groups is 1. The SMILES string of the molecule is CO/C(=N\C(=C\CN)C(=O)NC1c2ccccc2CC1O)c1ccc(OC)c2nc(C(F)(F)F)ccc12. The van der Waals surface area contributed by atoms with Gasteiger partial charge in [-0.1, -0.05) is 24.3 Å². The number of pyridine rings is 1. The third-order valence-corrected chi connectivity index (χ3v) is 6.01. The Bertz CT molecular complexity index is 1390. The van der Waals surface area contributed by atoms with E-state index in [9.17, 15) is 23.1 Å². The second kappa shape index (κ2) is 10.6. The summed E-state index contributed by atoms with van der Waals surface area (Å²) in [4.78, 5) is 21.3. The van der Waals surface area contributed by atoms with Crippen molar-refractivity contribution >= 4 is 22.7 Å². The maximum atomic E-state index is 13.3. The first-order valence-corrected chi connectivity index (χ1v) is 11.3. The predicted molar refractivity (Wildman–Crippen MR) is 131 cm³/mol. The molecule has 0 saturated heterocycles. The maximum absolute atomic E-state index is 13.3. The molecule has 0 aliphatic heterocycles. The molecule has 0 fully saturated rings. The molecule has 2 aromatic carbocycles. The fourth-order valence-corrected chi connectivity index (χ4v) is 4.29. The number of fused-ring (bicyclic) bond motifs is 2. The van der Waals surface area contributed by atoms with E-state index in [1.807, 2.05) is 24.3 Å². The number of nitrogens with one attached hydrogen (secondary N) is 1. The number of aliphatic hydroxyl groups is 1. The molecule has 11 heteroatoms. The van der Waals surface area contributed by atoms with Gasteiger partial charge in [0.15, 0.2) is 0 Å². The van der Waals surface area contributed by atoms with Gasteiger partial charge in [0, 0.05) is 23.9 Å². The average molecular weight is 515 g/mol. The van der Waals surface area contributed by atoms with Gasteiger partial charge in [-0.15, -0.1) is 0 Å². The number of benzene rings is 2. The van der Waals surface area contributed by atoms with Crippen molar-refractivity contribution < 1.29 is 32.5 Å². The number of aliphatic hydroxyl groups excluding tert-OH is 1. The van der Waals surface area contributed by atoms with Gasteiger partial charge in [-0.2, -0.15) is 13.2 Å². The van der Waals surface area contributed by atoms with Gasteiger partial charge in [-0.25, -0.2) is 9.98 Å². The molecular formula is C26H25F3N4O4. The highest BCUT2D eigenvalue weighted by Crippen LogP contribution is 2.34. The zero-order valence-electron chi connectivity index (χ0n) is 20.0. The first-order valence-electron chi connectivity index (χ1n) is 11.3. The highest BCUT2D eigenvalue weighted by molar-refractivity contribution is 6.09. The van der Waals surface area contributed by atoms with Crippen molar-refractivity contribution in [2.75, 3.05) is 20.8 Å². The maximum Gasteiger partial charge on any atom is 0.433 e. The van der Waals surface area contributed by atoms with Crippen LogP contribution in [-0.2, 0) is 22.1 Å². The van der Waals surface area contributed by atoms with Crippen molar-refractivity contribution in [3.63, 3.8) is 0 Å². The van der Waals surface area contributed by atoms with Crippen molar-refractivity contribution in [2.45, 2.75) is 24.7 Å². The summed E-state index contributed by atoms with van der Waals surface area (Å²) >= 11 is 0. The fraction of sp³-hybridized carbons (Fsp3) is 0.269. The van der Waals surface area contributed by atoms with Gasteiger partial charge in [0.2, 0.25) is 5.90 Å². The summed E-state index contributed by atoms with van der Waals surface area (Å²) in [5, 5.41) is 13.6. The number of methoxy groups -OCH3 is 2. The summed E-state index contributed by atoms with van der Waals surface area (Å²) in [6.07, 6.45) is -3.68. The van der Waals surface area contributed by atoms with Crippen LogP contribution in [0.25, 0.3) is 10.9 Å². The molecule has 0 radical (unpaired) electrons. The average Bonchev–Trinajstić information content (AvgIpc) is 3.19. The quantitative estimate of drug-likeness (QED) is 0.264. The first-order chi connectivity index (χ1) is 17.7. The van der Waals surface area contributed by atoms with E-state index in [4.69, 9.17) is 15.2 Å². The Hall–Kier alpha value is -3.96. The van der Waals surface area contributed by atoms with Crippen LogP contribution >= 0.6 is 0 Å². The number of nitrogens with zero attached hydrogens (tertiary/aromatic N) is 2. The van der Waals surface area contributed by atoms with Crippen LogP contribution in [0.3, 0.4) is 0 Å². The standard InChI is InChI=1S/C26H25F3N4O4/c1-36-20-9-7-17(16-8-10-21(26(27,28)29)32-23(16)20)25(37-2)31-18(11-12-30)24(35)33-22-15-6-4-3-5-14(15)13-19(22)34/h3-11,19,22,34H,12-13,30H2,1-2H3,(H,33,35)/b18-11+,31-25-. The monoisotopic (exact) mass is 514 g/mol. The normalized spacial score (nSPS) is 18.0. The zero-order chi connectivity index (χ0) is 26.7. The Morgan fingerprint density at radius 2 is 1.97 bits per heavy atom. The summed E-state index contributed by atoms with van der Waals surface area (Å²) in [7, 11) is 2.64. The van der Waals surface area contributed by atoms with E-state index in [1.165, 1.54) is 32.4 Å². The minimum Gasteiger partial charge on any atom is -0.494 e. The molecule has 1 amide bonds. The number of aromatic nitrogens is 1. The van der Waals surface area contributed by atoms with Crippen LogP contribution in [0.1, 0.15) is 28.4 Å². The zero-order valence-corrected chi connectivity index (χ0v) is 20.0. The highest BCUT2D eigenvalue weighted by Gasteiger charge is 2.34. The van der Waals surface area contributed by atoms with E-state index < -0.39 is 29.9 Å². The molecule has 37 heavy (non-hydrogen) atoms. The van der Waals surface area contributed by atoms with E-state index in [1.54, 1.807) is 6.07 Å². The van der Waals surface area contributed by atoms with Crippen molar-refractivity contribution in [3.05, 3.63) is 82.7 Å². The first kappa shape index (κ1) is 26.1. The number of carbonyl (C=O) groups excluding carboxylic acids is 1. The van der Waals surface area contributed by atoms with Crippen molar-refractivity contribution in [1.82, 2.24) is 10.3 Å². The van der Waals surface area contributed by atoms with E-state index in [0.29, 0.717) is 12.0 Å². The minimum absolute atomic E-state index is 0.0209. The third kappa shape index (κ3) is 5.27. The second-order valence-corrected chi connectivity index (χ2v) is 8.27. The van der Waals surface area contributed by atoms with Crippen LogP contribution in [0.4, 0.5) is 13.2 Å². The van der Waals surface area contributed by atoms with Gasteiger partial charge in [0.1, 0.15) is 22.7 Å². The molecule has 1 aromatic heterocycles. The number of hydrogen-bond acceptors (Lipinski definition) is 7. The molecule has 4 N–H and O–H groups in total. The molecule has 1 aliphatic carbocycles. The molecule has 0 spiro atoms. The van der Waals surface area contributed by atoms with Crippen molar-refractivity contribution in [2.24, 2.45) is 10.7 Å². The van der Waals surface area contributed by atoms with E-state index in [-0.39, 0.29) is 34.8 Å². The van der Waals surface area contributed by atoms with Gasteiger partial charge in [-0.05, 0) is 41.5 Å². The van der Waals surface area contributed by atoms with Gasteiger partial charge in [0.05, 0.1) is 26.4 Å². The third-order valence-electron chi connectivity index (χ3n) is 6.01. The highest BCUT2D eigenvalue weighted by atomic mass is 19.4. The smallest absolute Gasteiger partial charge is 0.433 e. The molecule has 2 unspecified atom stereocenters. The van der Waals surface area contributed by atoms with Gasteiger partial charge in [0.25, 0.3) is 5.91 Å². The molecule has 0 bridgehead atoms. The van der Waals surface area contributed by atoms with Crippen molar-refractivity contribution in [3.8, 4) is 5.75 Å². The number of alkyl halides is 3. The fourth-order valence-electron chi connectivity index (χ4n) is 4.29. The Kier molecular flexibility index (Phi) is 7.46. The van der Waals surface area contributed by atoms with Crippen LogP contribution in [0.5, 0.6) is 5.75 Å². The largest absolute Gasteiger partial charge is 0.494 e. The molecular weight excluding hydrogens is 489 g/mol. The lowest BCUT2D eigenvalue weighted by Gasteiger charge is -2.18. The van der Waals surface area contributed by atoms with Crippen LogP contribution in [0.15, 0.2) is 65.3 Å². The topological polar surface area (TPSA) is 119 Å². The van der Waals surface area contributed by atoms with Gasteiger partial charge in [-0.3, -0.25) is 4.79 Å². The number of hydrogen-bond donors (Lipinski definition) is 3. The van der Waals surface area contributed by atoms with E-state index in [2.05, 4.69) is 15.3 Å². The molecule has 3 aromatic rings. The number of nitrogens with two attached hydrogens (primary N) is 1. The Morgan fingerprint density at radius 3 is 2.65 bits per heavy atom. The van der Waals surface area contributed by atoms with Crippen LogP contribution in [0, 0.1) is 0 Å². The molecule has 1 heterocycles. The number of halogens is 3. The van der Waals surface area contributed by atoms with Crippen molar-refractivity contribution in [1.29, 1.82) is 0 Å². The van der Waals surface area contributed by atoms with Gasteiger partial charge >= 0.3 is 6.18 Å². The van der Waals surface area contributed by atoms with Gasteiger partial charge < -0.3 is 25.6 Å². The molecule has 2 atom stereocenters. The number of aliphatic imine (C=N–C) groups is 1. The lowest BCUT2D eigenvalue weighted by Crippen LogP contribution is -2.35. The molecule has 1 aliphatic rings. The summed E-state index contributed by atoms with van der Waals surface area (Å²) in [6.45, 7) is -0.0209. The second-order valence-electron chi connectivity index (χ2n) is 8.27. The predicted octanol–water partition coefficient (Wildman–Crippen LogP) is 3.27. The molecule has 0 saturated carbocycles. The molecule has 8 nitrogen and oxygen atoms in total. The summed E-state index contributed by atoms with van der Waals surface area (Å²) in [5.41, 5.74) is 6.50. The Balaban J connectivity index is 1.73. The summed E-state index contributed by atoms with van der Waals surface area (Å²) in [6, 6.07) is 11.8. The van der Waals surface area contributed by atoms with Crippen LogP contribution in [0.2, 0.25) is 0 Å². The molecule has 4 rings (SSSR count). The summed E-state index contributed by atoms with van der Waals surface area (Å²) < 4.78 is 50.5. The summed E-state index contributed by atoms with van der Waals surface area (Å²) in [5.74, 6) is -0.517. The minimum atomic E-state index is -4.65.